The van der Waals surface area contributed by atoms with Gasteiger partial charge < -0.3 is 10.4 Å². The van der Waals surface area contributed by atoms with Crippen molar-refractivity contribution in [1.82, 2.24) is 10.3 Å². The fraction of sp³-hybridized carbons (Fsp3) is 0.357. The summed E-state index contributed by atoms with van der Waals surface area (Å²) in [4.78, 5) is 26.7. The smallest absolute Gasteiger partial charge is 0.311 e. The van der Waals surface area contributed by atoms with E-state index in [1.165, 1.54) is 6.08 Å². The average Bonchev–Trinajstić information content (AvgIpc) is 2.36. The molecule has 1 saturated carbocycles. The summed E-state index contributed by atoms with van der Waals surface area (Å²) in [6, 6.07) is 3.62. The molecule has 1 amide bonds. The maximum absolute atomic E-state index is 11.6. The molecule has 1 aromatic rings. The van der Waals surface area contributed by atoms with Crippen molar-refractivity contribution in [3.8, 4) is 0 Å². The Morgan fingerprint density at radius 1 is 1.47 bits per heavy atom. The van der Waals surface area contributed by atoms with Gasteiger partial charge in [-0.25, -0.2) is 0 Å². The Morgan fingerprint density at radius 2 is 2.26 bits per heavy atom. The molecular formula is C14H16N2O3. The highest BCUT2D eigenvalue weighted by molar-refractivity contribution is 5.92. The second-order valence-electron chi connectivity index (χ2n) is 4.78. The van der Waals surface area contributed by atoms with E-state index in [9.17, 15) is 9.59 Å². The molecule has 100 valence electrons. The van der Waals surface area contributed by atoms with Gasteiger partial charge in [-0.2, -0.15) is 0 Å². The summed E-state index contributed by atoms with van der Waals surface area (Å²) in [6.07, 6.45) is 8.53. The lowest BCUT2D eigenvalue weighted by Crippen LogP contribution is -2.47. The summed E-state index contributed by atoms with van der Waals surface area (Å²) in [5.41, 5.74) is 0.0758. The molecule has 0 bridgehead atoms. The van der Waals surface area contributed by atoms with Crippen LogP contribution in [0.4, 0.5) is 0 Å². The molecule has 19 heavy (non-hydrogen) atoms. The van der Waals surface area contributed by atoms with Gasteiger partial charge in [-0.15, -0.1) is 0 Å². The second kappa shape index (κ2) is 5.65. The van der Waals surface area contributed by atoms with Gasteiger partial charge in [0, 0.05) is 25.0 Å². The molecule has 5 nitrogen and oxygen atoms in total. The minimum Gasteiger partial charge on any atom is -0.481 e. The fourth-order valence-electron chi connectivity index (χ4n) is 2.03. The van der Waals surface area contributed by atoms with E-state index in [-0.39, 0.29) is 12.5 Å². The molecule has 0 radical (unpaired) electrons. The highest BCUT2D eigenvalue weighted by atomic mass is 16.4. The van der Waals surface area contributed by atoms with Crippen LogP contribution in [0.15, 0.2) is 30.6 Å². The third-order valence-corrected chi connectivity index (χ3v) is 3.48. The largest absolute Gasteiger partial charge is 0.481 e. The van der Waals surface area contributed by atoms with E-state index in [2.05, 4.69) is 10.3 Å². The molecule has 1 aliphatic carbocycles. The Bertz CT molecular complexity index is 493. The van der Waals surface area contributed by atoms with Gasteiger partial charge in [0.15, 0.2) is 0 Å². The summed E-state index contributed by atoms with van der Waals surface area (Å²) < 4.78 is 0. The lowest BCUT2D eigenvalue weighted by Gasteiger charge is -2.37. The molecule has 1 aromatic heterocycles. The second-order valence-corrected chi connectivity index (χ2v) is 4.78. The molecule has 0 saturated heterocycles. The Kier molecular flexibility index (Phi) is 3.94. The number of carbonyl (C=O) groups is 2. The zero-order chi connectivity index (χ0) is 13.7. The summed E-state index contributed by atoms with van der Waals surface area (Å²) in [5.74, 6) is -1.10. The Balaban J connectivity index is 1.85. The van der Waals surface area contributed by atoms with Crippen molar-refractivity contribution in [2.75, 3.05) is 6.54 Å². The summed E-state index contributed by atoms with van der Waals surface area (Å²) >= 11 is 0. The quantitative estimate of drug-likeness (QED) is 0.786. The molecule has 0 aromatic carbocycles. The zero-order valence-corrected chi connectivity index (χ0v) is 10.5. The number of nitrogens with one attached hydrogen (secondary N) is 1. The minimum absolute atomic E-state index is 0.193. The third kappa shape index (κ3) is 3.19. The molecular weight excluding hydrogens is 244 g/mol. The van der Waals surface area contributed by atoms with Crippen LogP contribution in [-0.4, -0.2) is 28.5 Å². The van der Waals surface area contributed by atoms with Crippen LogP contribution in [0, 0.1) is 5.41 Å². The summed E-state index contributed by atoms with van der Waals surface area (Å²) in [6.45, 7) is 0.193. The van der Waals surface area contributed by atoms with E-state index in [0.717, 1.165) is 12.0 Å². The van der Waals surface area contributed by atoms with Crippen LogP contribution >= 0.6 is 0 Å². The van der Waals surface area contributed by atoms with Gasteiger partial charge in [-0.1, -0.05) is 12.5 Å². The van der Waals surface area contributed by atoms with Gasteiger partial charge >= 0.3 is 5.97 Å². The fourth-order valence-corrected chi connectivity index (χ4v) is 2.03. The van der Waals surface area contributed by atoms with Crippen molar-refractivity contribution in [3.63, 3.8) is 0 Å². The predicted molar refractivity (Wildman–Crippen MR) is 70.2 cm³/mol. The number of pyridine rings is 1. The number of amides is 1. The molecule has 0 aliphatic heterocycles. The highest BCUT2D eigenvalue weighted by Crippen LogP contribution is 2.40. The standard InChI is InChI=1S/C14H16N2O3/c17-12(5-4-11-3-1-8-15-9-11)16-10-14(13(18)19)6-2-7-14/h1,3-5,8-9H,2,6-7,10H2,(H,16,17)(H,18,19)/b5-4+. The Morgan fingerprint density at radius 3 is 2.79 bits per heavy atom. The molecule has 0 spiro atoms. The molecule has 1 heterocycles. The number of carbonyl (C=O) groups excluding carboxylic acids is 1. The number of aliphatic carboxylic acids is 1. The van der Waals surface area contributed by atoms with E-state index in [1.807, 2.05) is 6.07 Å². The topological polar surface area (TPSA) is 79.3 Å². The van der Waals surface area contributed by atoms with E-state index >= 15 is 0 Å². The number of hydrogen-bond acceptors (Lipinski definition) is 3. The van der Waals surface area contributed by atoms with Crippen molar-refractivity contribution >= 4 is 18.0 Å². The van der Waals surface area contributed by atoms with E-state index in [0.29, 0.717) is 12.8 Å². The van der Waals surface area contributed by atoms with Gasteiger partial charge in [0.05, 0.1) is 5.41 Å². The highest BCUT2D eigenvalue weighted by Gasteiger charge is 2.44. The van der Waals surface area contributed by atoms with Crippen molar-refractivity contribution in [1.29, 1.82) is 0 Å². The van der Waals surface area contributed by atoms with Gasteiger partial charge in [-0.3, -0.25) is 14.6 Å². The van der Waals surface area contributed by atoms with Crippen LogP contribution in [-0.2, 0) is 9.59 Å². The Hall–Kier alpha value is -2.17. The van der Waals surface area contributed by atoms with E-state index in [1.54, 1.807) is 24.5 Å². The molecule has 1 aliphatic rings. The van der Waals surface area contributed by atoms with Crippen molar-refractivity contribution in [2.45, 2.75) is 19.3 Å². The first-order valence-electron chi connectivity index (χ1n) is 6.22. The third-order valence-electron chi connectivity index (χ3n) is 3.48. The lowest BCUT2D eigenvalue weighted by molar-refractivity contribution is -0.154. The number of carboxylic acids is 1. The summed E-state index contributed by atoms with van der Waals surface area (Å²) in [7, 11) is 0. The van der Waals surface area contributed by atoms with Crippen LogP contribution in [0.25, 0.3) is 6.08 Å². The lowest BCUT2D eigenvalue weighted by atomic mass is 9.69. The molecule has 1 fully saturated rings. The molecule has 5 heteroatoms. The number of nitrogens with zero attached hydrogens (tertiary/aromatic N) is 1. The monoisotopic (exact) mass is 260 g/mol. The van der Waals surface area contributed by atoms with Crippen LogP contribution < -0.4 is 5.32 Å². The van der Waals surface area contributed by atoms with Gasteiger partial charge in [0.2, 0.25) is 5.91 Å². The molecule has 0 atom stereocenters. The molecule has 2 N–H and O–H groups in total. The normalized spacial score (nSPS) is 16.8. The van der Waals surface area contributed by atoms with Crippen molar-refractivity contribution in [2.24, 2.45) is 5.41 Å². The summed E-state index contributed by atoms with van der Waals surface area (Å²) in [5, 5.41) is 11.8. The predicted octanol–water partition coefficient (Wildman–Crippen LogP) is 1.47. The minimum atomic E-state index is -0.824. The van der Waals surface area contributed by atoms with E-state index in [4.69, 9.17) is 5.11 Å². The van der Waals surface area contributed by atoms with Crippen molar-refractivity contribution < 1.29 is 14.7 Å². The SMILES string of the molecule is O=C(/C=C/c1cccnc1)NCC1(C(=O)O)CCC1. The molecule has 2 rings (SSSR count). The number of rotatable bonds is 5. The van der Waals surface area contributed by atoms with Gasteiger partial charge in [-0.05, 0) is 30.5 Å². The molecule has 0 unspecified atom stereocenters. The van der Waals surface area contributed by atoms with Gasteiger partial charge in [0.1, 0.15) is 0 Å². The Labute approximate surface area is 111 Å². The van der Waals surface area contributed by atoms with Crippen LogP contribution in [0.5, 0.6) is 0 Å². The first-order chi connectivity index (χ1) is 9.12. The van der Waals surface area contributed by atoms with Crippen LogP contribution in [0.2, 0.25) is 0 Å². The maximum Gasteiger partial charge on any atom is 0.311 e. The van der Waals surface area contributed by atoms with E-state index < -0.39 is 11.4 Å². The average molecular weight is 260 g/mol. The van der Waals surface area contributed by atoms with Crippen LogP contribution in [0.1, 0.15) is 24.8 Å². The number of aromatic nitrogens is 1. The first kappa shape index (κ1) is 13.3. The first-order valence-corrected chi connectivity index (χ1v) is 6.22. The number of hydrogen-bond donors (Lipinski definition) is 2. The van der Waals surface area contributed by atoms with Crippen LogP contribution in [0.3, 0.4) is 0 Å². The maximum atomic E-state index is 11.6. The van der Waals surface area contributed by atoms with Gasteiger partial charge in [0.25, 0.3) is 0 Å². The zero-order valence-electron chi connectivity index (χ0n) is 10.5. The number of carboxylic acid groups (broad SMARTS) is 1. The van der Waals surface area contributed by atoms with Crippen molar-refractivity contribution in [3.05, 3.63) is 36.2 Å².